The van der Waals surface area contributed by atoms with Gasteiger partial charge in [0.1, 0.15) is 0 Å². The number of piperidine rings is 2. The SMILES string of the molecule is CC1(C)CCCNC1C(=O)N1CCC(N2CCCCC2)C1. The van der Waals surface area contributed by atoms with Gasteiger partial charge in [-0.25, -0.2) is 0 Å². The van der Waals surface area contributed by atoms with Crippen molar-refractivity contribution in [3.8, 4) is 0 Å². The molecule has 0 aromatic carbocycles. The summed E-state index contributed by atoms with van der Waals surface area (Å²) in [6.07, 6.45) is 7.56. The number of nitrogens with zero attached hydrogens (tertiary/aromatic N) is 2. The van der Waals surface area contributed by atoms with Gasteiger partial charge in [0.25, 0.3) is 0 Å². The Morgan fingerprint density at radius 3 is 2.57 bits per heavy atom. The van der Waals surface area contributed by atoms with Gasteiger partial charge < -0.3 is 10.2 Å². The van der Waals surface area contributed by atoms with Crippen LogP contribution in [0.15, 0.2) is 0 Å². The van der Waals surface area contributed by atoms with Crippen molar-refractivity contribution in [2.45, 2.75) is 64.5 Å². The van der Waals surface area contributed by atoms with E-state index in [1.54, 1.807) is 0 Å². The zero-order chi connectivity index (χ0) is 14.9. The average Bonchev–Trinajstić information content (AvgIpc) is 2.97. The summed E-state index contributed by atoms with van der Waals surface area (Å²) in [4.78, 5) is 17.6. The summed E-state index contributed by atoms with van der Waals surface area (Å²) in [6.45, 7) is 9.84. The molecule has 3 aliphatic rings. The third kappa shape index (κ3) is 3.26. The molecule has 1 amide bonds. The van der Waals surface area contributed by atoms with Crippen molar-refractivity contribution in [1.29, 1.82) is 0 Å². The van der Waals surface area contributed by atoms with Crippen LogP contribution < -0.4 is 5.32 Å². The number of carbonyl (C=O) groups excluding carboxylic acids is 1. The second-order valence-corrected chi connectivity index (χ2v) is 7.80. The third-order valence-corrected chi connectivity index (χ3v) is 5.76. The standard InChI is InChI=1S/C17H31N3O/c1-17(2)8-6-9-18-15(17)16(21)20-12-7-14(13-20)19-10-4-3-5-11-19/h14-15,18H,3-13H2,1-2H3. The molecule has 4 nitrogen and oxygen atoms in total. The van der Waals surface area contributed by atoms with Crippen molar-refractivity contribution < 1.29 is 4.79 Å². The molecule has 0 aromatic rings. The number of nitrogens with one attached hydrogen (secondary N) is 1. The smallest absolute Gasteiger partial charge is 0.240 e. The van der Waals surface area contributed by atoms with Crippen LogP contribution in [-0.4, -0.2) is 60.5 Å². The van der Waals surface area contributed by atoms with Crippen LogP contribution in [-0.2, 0) is 4.79 Å². The molecule has 21 heavy (non-hydrogen) atoms. The second-order valence-electron chi connectivity index (χ2n) is 7.80. The fourth-order valence-corrected chi connectivity index (χ4v) is 4.34. The topological polar surface area (TPSA) is 35.6 Å². The zero-order valence-electron chi connectivity index (χ0n) is 13.7. The Labute approximate surface area is 129 Å². The van der Waals surface area contributed by atoms with Gasteiger partial charge in [0.05, 0.1) is 6.04 Å². The van der Waals surface area contributed by atoms with E-state index < -0.39 is 0 Å². The van der Waals surface area contributed by atoms with Gasteiger partial charge in [-0.05, 0) is 57.2 Å². The summed E-state index contributed by atoms with van der Waals surface area (Å²) in [5, 5.41) is 3.48. The number of rotatable bonds is 2. The molecule has 0 spiro atoms. The molecule has 4 heteroatoms. The fraction of sp³-hybridized carbons (Fsp3) is 0.941. The normalized spacial score (nSPS) is 34.1. The van der Waals surface area contributed by atoms with E-state index in [1.165, 1.54) is 45.2 Å². The summed E-state index contributed by atoms with van der Waals surface area (Å²) >= 11 is 0. The van der Waals surface area contributed by atoms with Gasteiger partial charge in [0.2, 0.25) is 5.91 Å². The molecule has 2 unspecified atom stereocenters. The zero-order valence-corrected chi connectivity index (χ0v) is 13.7. The molecule has 0 aliphatic carbocycles. The monoisotopic (exact) mass is 293 g/mol. The van der Waals surface area contributed by atoms with E-state index in [4.69, 9.17) is 0 Å². The molecular weight excluding hydrogens is 262 g/mol. The van der Waals surface area contributed by atoms with Crippen molar-refractivity contribution in [2.24, 2.45) is 5.41 Å². The molecule has 3 heterocycles. The highest BCUT2D eigenvalue weighted by Gasteiger charge is 2.41. The summed E-state index contributed by atoms with van der Waals surface area (Å²) < 4.78 is 0. The first-order valence-corrected chi connectivity index (χ1v) is 8.84. The molecule has 0 saturated carbocycles. The minimum absolute atomic E-state index is 0.0198. The van der Waals surface area contributed by atoms with E-state index >= 15 is 0 Å². The molecule has 0 aromatic heterocycles. The Morgan fingerprint density at radius 1 is 1.10 bits per heavy atom. The molecule has 0 radical (unpaired) electrons. The molecule has 0 bridgehead atoms. The minimum atomic E-state index is 0.0198. The highest BCUT2D eigenvalue weighted by atomic mass is 16.2. The van der Waals surface area contributed by atoms with E-state index in [9.17, 15) is 4.79 Å². The summed E-state index contributed by atoms with van der Waals surface area (Å²) in [7, 11) is 0. The predicted octanol–water partition coefficient (Wildman–Crippen LogP) is 1.85. The van der Waals surface area contributed by atoms with E-state index in [2.05, 4.69) is 29.0 Å². The van der Waals surface area contributed by atoms with Gasteiger partial charge >= 0.3 is 0 Å². The largest absolute Gasteiger partial charge is 0.340 e. The number of amides is 1. The lowest BCUT2D eigenvalue weighted by Crippen LogP contribution is -2.56. The lowest BCUT2D eigenvalue weighted by atomic mass is 9.77. The van der Waals surface area contributed by atoms with Crippen LogP contribution in [0.25, 0.3) is 0 Å². The molecule has 3 rings (SSSR count). The van der Waals surface area contributed by atoms with Gasteiger partial charge in [-0.3, -0.25) is 9.69 Å². The van der Waals surface area contributed by atoms with E-state index in [1.807, 2.05) is 0 Å². The highest BCUT2D eigenvalue weighted by molar-refractivity contribution is 5.83. The third-order valence-electron chi connectivity index (χ3n) is 5.76. The first kappa shape index (κ1) is 15.3. The van der Waals surface area contributed by atoms with Gasteiger partial charge in [-0.2, -0.15) is 0 Å². The quantitative estimate of drug-likeness (QED) is 0.844. The van der Waals surface area contributed by atoms with Crippen LogP contribution >= 0.6 is 0 Å². The average molecular weight is 293 g/mol. The first-order chi connectivity index (χ1) is 10.1. The van der Waals surface area contributed by atoms with Crippen molar-refractivity contribution in [1.82, 2.24) is 15.1 Å². The second kappa shape index (κ2) is 6.25. The van der Waals surface area contributed by atoms with Crippen molar-refractivity contribution in [3.05, 3.63) is 0 Å². The summed E-state index contributed by atoms with van der Waals surface area (Å²) in [6, 6.07) is 0.632. The Bertz CT molecular complexity index is 376. The molecular formula is C17H31N3O. The molecule has 120 valence electrons. The van der Waals surface area contributed by atoms with Gasteiger partial charge in [0, 0.05) is 19.1 Å². The van der Waals surface area contributed by atoms with Crippen LogP contribution in [0.2, 0.25) is 0 Å². The first-order valence-electron chi connectivity index (χ1n) is 8.84. The van der Waals surface area contributed by atoms with E-state index in [-0.39, 0.29) is 11.5 Å². The fourth-order valence-electron chi connectivity index (χ4n) is 4.34. The summed E-state index contributed by atoms with van der Waals surface area (Å²) in [5.74, 6) is 0.346. The predicted molar refractivity (Wildman–Crippen MR) is 85.2 cm³/mol. The molecule has 3 saturated heterocycles. The Morgan fingerprint density at radius 2 is 1.86 bits per heavy atom. The molecule has 3 aliphatic heterocycles. The lowest BCUT2D eigenvalue weighted by Gasteiger charge is -2.40. The van der Waals surface area contributed by atoms with Crippen LogP contribution in [0.1, 0.15) is 52.4 Å². The Hall–Kier alpha value is -0.610. The summed E-state index contributed by atoms with van der Waals surface area (Å²) in [5.41, 5.74) is 0.0958. The minimum Gasteiger partial charge on any atom is -0.340 e. The lowest BCUT2D eigenvalue weighted by molar-refractivity contribution is -0.136. The van der Waals surface area contributed by atoms with Crippen molar-refractivity contribution in [3.63, 3.8) is 0 Å². The maximum absolute atomic E-state index is 12.9. The molecule has 2 atom stereocenters. The molecule has 1 N–H and O–H groups in total. The maximum atomic E-state index is 12.9. The number of hydrogen-bond acceptors (Lipinski definition) is 3. The van der Waals surface area contributed by atoms with Crippen LogP contribution in [0.5, 0.6) is 0 Å². The Balaban J connectivity index is 1.58. The van der Waals surface area contributed by atoms with Gasteiger partial charge in [0.15, 0.2) is 0 Å². The highest BCUT2D eigenvalue weighted by Crippen LogP contribution is 2.32. The number of carbonyl (C=O) groups is 1. The van der Waals surface area contributed by atoms with E-state index in [0.717, 1.165) is 26.1 Å². The van der Waals surface area contributed by atoms with Crippen molar-refractivity contribution in [2.75, 3.05) is 32.7 Å². The maximum Gasteiger partial charge on any atom is 0.240 e. The van der Waals surface area contributed by atoms with Crippen LogP contribution in [0.3, 0.4) is 0 Å². The van der Waals surface area contributed by atoms with Gasteiger partial charge in [-0.15, -0.1) is 0 Å². The van der Waals surface area contributed by atoms with Crippen LogP contribution in [0.4, 0.5) is 0 Å². The van der Waals surface area contributed by atoms with Crippen molar-refractivity contribution >= 4 is 5.91 Å². The van der Waals surface area contributed by atoms with Gasteiger partial charge in [-0.1, -0.05) is 20.3 Å². The molecule has 3 fully saturated rings. The van der Waals surface area contributed by atoms with E-state index in [0.29, 0.717) is 11.9 Å². The number of likely N-dealkylation sites (tertiary alicyclic amines) is 2. The number of hydrogen-bond donors (Lipinski definition) is 1. The Kier molecular flexibility index (Phi) is 4.55. The van der Waals surface area contributed by atoms with Crippen LogP contribution in [0, 0.1) is 5.41 Å².